The van der Waals surface area contributed by atoms with Crippen LogP contribution in [0, 0.1) is 13.8 Å². The van der Waals surface area contributed by atoms with Crippen molar-refractivity contribution in [3.63, 3.8) is 0 Å². The standard InChI is InChI=1S/C31H34N2O4S/c1-21-18-28(37-31(3,4)30(34)35)22(2)17-27(21)36-16-8-15-32-19-29-33-26(20-38-29)25-13-11-24(12-14-25)23-9-6-5-7-10-23/h5-7,9-14,17-18,20,32H,8,15-16,19H2,1-4H3,(H,34,35). The van der Waals surface area contributed by atoms with Crippen LogP contribution in [0.5, 0.6) is 11.5 Å². The van der Waals surface area contributed by atoms with Crippen molar-refractivity contribution in [3.05, 3.63) is 88.2 Å². The average Bonchev–Trinajstić information content (AvgIpc) is 3.38. The fraction of sp³-hybridized carbons (Fsp3) is 0.290. The van der Waals surface area contributed by atoms with E-state index in [0.29, 0.717) is 12.4 Å². The number of carboxylic acids is 1. The summed E-state index contributed by atoms with van der Waals surface area (Å²) < 4.78 is 11.7. The summed E-state index contributed by atoms with van der Waals surface area (Å²) in [7, 11) is 0. The van der Waals surface area contributed by atoms with Gasteiger partial charge in [0.2, 0.25) is 0 Å². The van der Waals surface area contributed by atoms with Gasteiger partial charge in [0.05, 0.1) is 12.3 Å². The largest absolute Gasteiger partial charge is 0.493 e. The predicted octanol–water partition coefficient (Wildman–Crippen LogP) is 6.89. The van der Waals surface area contributed by atoms with Gasteiger partial charge >= 0.3 is 5.97 Å². The van der Waals surface area contributed by atoms with E-state index in [4.69, 9.17) is 14.5 Å². The maximum Gasteiger partial charge on any atom is 0.347 e. The maximum absolute atomic E-state index is 11.4. The first-order valence-corrected chi connectivity index (χ1v) is 13.6. The molecule has 0 atom stereocenters. The van der Waals surface area contributed by atoms with Crippen molar-refractivity contribution < 1.29 is 19.4 Å². The molecule has 0 aliphatic carbocycles. The number of hydrogen-bond donors (Lipinski definition) is 2. The minimum absolute atomic E-state index is 0.555. The lowest BCUT2D eigenvalue weighted by Gasteiger charge is -2.23. The van der Waals surface area contributed by atoms with Crippen molar-refractivity contribution in [2.24, 2.45) is 0 Å². The summed E-state index contributed by atoms with van der Waals surface area (Å²) in [6.45, 7) is 9.01. The van der Waals surface area contributed by atoms with Gasteiger partial charge in [-0.3, -0.25) is 0 Å². The second-order valence-corrected chi connectivity index (χ2v) is 10.7. The highest BCUT2D eigenvalue weighted by Gasteiger charge is 2.30. The summed E-state index contributed by atoms with van der Waals surface area (Å²) in [5.74, 6) is 0.332. The summed E-state index contributed by atoms with van der Waals surface area (Å²) in [5, 5.41) is 15.9. The Hall–Kier alpha value is -3.68. The van der Waals surface area contributed by atoms with E-state index in [-0.39, 0.29) is 0 Å². The van der Waals surface area contributed by atoms with E-state index in [2.05, 4.69) is 59.2 Å². The van der Waals surface area contributed by atoms with E-state index in [0.717, 1.165) is 52.7 Å². The summed E-state index contributed by atoms with van der Waals surface area (Å²) in [6, 6.07) is 22.6. The molecule has 0 bridgehead atoms. The molecule has 0 radical (unpaired) electrons. The van der Waals surface area contributed by atoms with Gasteiger partial charge < -0.3 is 19.9 Å². The monoisotopic (exact) mass is 530 g/mol. The first-order chi connectivity index (χ1) is 18.2. The molecule has 38 heavy (non-hydrogen) atoms. The van der Waals surface area contributed by atoms with E-state index in [1.54, 1.807) is 11.3 Å². The molecular formula is C31H34N2O4S. The van der Waals surface area contributed by atoms with Crippen LogP contribution in [-0.2, 0) is 11.3 Å². The average molecular weight is 531 g/mol. The normalized spacial score (nSPS) is 11.4. The topological polar surface area (TPSA) is 80.7 Å². The Morgan fingerprint density at radius 1 is 0.947 bits per heavy atom. The number of rotatable bonds is 12. The molecule has 4 aromatic rings. The fourth-order valence-electron chi connectivity index (χ4n) is 3.91. The zero-order chi connectivity index (χ0) is 27.1. The van der Waals surface area contributed by atoms with Crippen LogP contribution in [0.25, 0.3) is 22.4 Å². The molecule has 0 aliphatic rings. The van der Waals surface area contributed by atoms with Crippen LogP contribution in [0.3, 0.4) is 0 Å². The molecule has 1 heterocycles. The number of aliphatic carboxylic acids is 1. The summed E-state index contributed by atoms with van der Waals surface area (Å²) >= 11 is 1.66. The number of ether oxygens (including phenoxy) is 2. The van der Waals surface area contributed by atoms with Gasteiger partial charge in [-0.25, -0.2) is 9.78 Å². The molecular weight excluding hydrogens is 496 g/mol. The van der Waals surface area contributed by atoms with Crippen molar-refractivity contribution in [2.75, 3.05) is 13.2 Å². The fourth-order valence-corrected chi connectivity index (χ4v) is 4.68. The van der Waals surface area contributed by atoms with E-state index in [9.17, 15) is 9.90 Å². The maximum atomic E-state index is 11.4. The van der Waals surface area contributed by atoms with Gasteiger partial charge in [0.1, 0.15) is 16.5 Å². The highest BCUT2D eigenvalue weighted by Crippen LogP contribution is 2.31. The van der Waals surface area contributed by atoms with Gasteiger partial charge in [0.15, 0.2) is 5.60 Å². The minimum atomic E-state index is -1.30. The molecule has 198 valence electrons. The van der Waals surface area contributed by atoms with Crippen molar-refractivity contribution in [1.82, 2.24) is 10.3 Å². The number of benzene rings is 3. The first kappa shape index (κ1) is 27.4. The number of nitrogens with one attached hydrogen (secondary N) is 1. The molecule has 6 nitrogen and oxygen atoms in total. The lowest BCUT2D eigenvalue weighted by molar-refractivity contribution is -0.152. The SMILES string of the molecule is Cc1cc(OC(C)(C)C(=O)O)c(C)cc1OCCCNCc1nc(-c2ccc(-c3ccccc3)cc2)cs1. The quantitative estimate of drug-likeness (QED) is 0.194. The van der Waals surface area contributed by atoms with Crippen LogP contribution in [0.1, 0.15) is 36.4 Å². The third kappa shape index (κ3) is 7.00. The van der Waals surface area contributed by atoms with Gasteiger partial charge in [-0.05, 0) is 75.0 Å². The Kier molecular flexibility index (Phi) is 8.81. The summed E-state index contributed by atoms with van der Waals surface area (Å²) in [5.41, 5.74) is 4.98. The molecule has 0 aliphatic heterocycles. The molecule has 0 amide bonds. The second kappa shape index (κ2) is 12.2. The lowest BCUT2D eigenvalue weighted by Crippen LogP contribution is -2.38. The Morgan fingerprint density at radius 2 is 1.58 bits per heavy atom. The molecule has 0 saturated heterocycles. The Morgan fingerprint density at radius 3 is 2.29 bits per heavy atom. The van der Waals surface area contributed by atoms with Crippen molar-refractivity contribution >= 4 is 17.3 Å². The molecule has 0 unspecified atom stereocenters. The zero-order valence-electron chi connectivity index (χ0n) is 22.3. The van der Waals surface area contributed by atoms with Crippen molar-refractivity contribution in [1.29, 1.82) is 0 Å². The smallest absolute Gasteiger partial charge is 0.347 e. The van der Waals surface area contributed by atoms with E-state index in [1.807, 2.05) is 32.0 Å². The van der Waals surface area contributed by atoms with Crippen LogP contribution >= 0.6 is 11.3 Å². The van der Waals surface area contributed by atoms with Crippen LogP contribution in [-0.4, -0.2) is 34.8 Å². The predicted molar refractivity (Wildman–Crippen MR) is 153 cm³/mol. The number of carbonyl (C=O) groups is 1. The molecule has 0 saturated carbocycles. The number of aryl methyl sites for hydroxylation is 2. The number of carboxylic acid groups (broad SMARTS) is 1. The van der Waals surface area contributed by atoms with Crippen LogP contribution < -0.4 is 14.8 Å². The molecule has 0 spiro atoms. The van der Waals surface area contributed by atoms with Crippen LogP contribution in [0.15, 0.2) is 72.1 Å². The highest BCUT2D eigenvalue weighted by molar-refractivity contribution is 7.09. The number of thiazole rings is 1. The van der Waals surface area contributed by atoms with Crippen molar-refractivity contribution in [3.8, 4) is 33.9 Å². The van der Waals surface area contributed by atoms with Gasteiger partial charge in [-0.2, -0.15) is 0 Å². The van der Waals surface area contributed by atoms with Gasteiger partial charge in [-0.15, -0.1) is 11.3 Å². The van der Waals surface area contributed by atoms with E-state index >= 15 is 0 Å². The number of nitrogens with zero attached hydrogens (tertiary/aromatic N) is 1. The van der Waals surface area contributed by atoms with Crippen molar-refractivity contribution in [2.45, 2.75) is 46.3 Å². The Labute approximate surface area is 228 Å². The molecule has 3 aromatic carbocycles. The molecule has 2 N–H and O–H groups in total. The van der Waals surface area contributed by atoms with E-state index < -0.39 is 11.6 Å². The third-order valence-corrected chi connectivity index (χ3v) is 7.07. The zero-order valence-corrected chi connectivity index (χ0v) is 23.1. The minimum Gasteiger partial charge on any atom is -0.493 e. The van der Waals surface area contributed by atoms with Gasteiger partial charge in [0.25, 0.3) is 0 Å². The summed E-state index contributed by atoms with van der Waals surface area (Å²) in [6.07, 6.45) is 0.849. The van der Waals surface area contributed by atoms with Crippen LogP contribution in [0.2, 0.25) is 0 Å². The molecule has 1 aromatic heterocycles. The highest BCUT2D eigenvalue weighted by atomic mass is 32.1. The Balaban J connectivity index is 1.21. The summed E-state index contributed by atoms with van der Waals surface area (Å²) in [4.78, 5) is 16.2. The third-order valence-electron chi connectivity index (χ3n) is 6.22. The van der Waals surface area contributed by atoms with E-state index in [1.165, 1.54) is 25.0 Å². The number of aromatic nitrogens is 1. The second-order valence-electron chi connectivity index (χ2n) is 9.75. The van der Waals surface area contributed by atoms with Gasteiger partial charge in [0, 0.05) is 17.5 Å². The van der Waals surface area contributed by atoms with Gasteiger partial charge in [-0.1, -0.05) is 54.6 Å². The molecule has 7 heteroatoms. The number of hydrogen-bond acceptors (Lipinski definition) is 6. The molecule has 4 rings (SSSR count). The van der Waals surface area contributed by atoms with Crippen LogP contribution in [0.4, 0.5) is 0 Å². The lowest BCUT2D eigenvalue weighted by atomic mass is 10.0. The first-order valence-electron chi connectivity index (χ1n) is 12.7. The Bertz CT molecular complexity index is 1360. The molecule has 0 fully saturated rings.